The number of carbonyl (C=O) groups excluding carboxylic acids is 2. The quantitative estimate of drug-likeness (QED) is 0.497. The highest BCUT2D eigenvalue weighted by Gasteiger charge is 2.31. The average molecular weight is 508 g/mol. The maximum Gasteiger partial charge on any atom is 0.244 e. The highest BCUT2D eigenvalue weighted by atomic mass is 35.5. The molecule has 9 heteroatoms. The topological polar surface area (TPSA) is 86.8 Å². The van der Waals surface area contributed by atoms with Gasteiger partial charge in [-0.05, 0) is 55.5 Å². The van der Waals surface area contributed by atoms with E-state index in [1.165, 1.54) is 11.0 Å². The molecular formula is C25H34ClN3O4S. The van der Waals surface area contributed by atoms with Crippen molar-refractivity contribution in [1.29, 1.82) is 0 Å². The van der Waals surface area contributed by atoms with Crippen LogP contribution in [0.25, 0.3) is 0 Å². The van der Waals surface area contributed by atoms with Crippen LogP contribution >= 0.6 is 11.6 Å². The number of carbonyl (C=O) groups is 2. The van der Waals surface area contributed by atoms with E-state index in [0.717, 1.165) is 33.7 Å². The van der Waals surface area contributed by atoms with Gasteiger partial charge in [-0.1, -0.05) is 55.8 Å². The highest BCUT2D eigenvalue weighted by molar-refractivity contribution is 7.92. The van der Waals surface area contributed by atoms with Gasteiger partial charge in [0.1, 0.15) is 12.6 Å². The second kappa shape index (κ2) is 12.2. The normalized spacial score (nSPS) is 12.2. The van der Waals surface area contributed by atoms with Gasteiger partial charge in [0.15, 0.2) is 0 Å². The summed E-state index contributed by atoms with van der Waals surface area (Å²) in [5.41, 5.74) is 2.96. The Morgan fingerprint density at radius 2 is 1.74 bits per heavy atom. The minimum atomic E-state index is -3.80. The van der Waals surface area contributed by atoms with Crippen molar-refractivity contribution in [3.05, 3.63) is 64.2 Å². The van der Waals surface area contributed by atoms with E-state index >= 15 is 0 Å². The lowest BCUT2D eigenvalue weighted by atomic mass is 10.1. The number of hydrogen-bond donors (Lipinski definition) is 1. The molecular weight excluding hydrogens is 474 g/mol. The van der Waals surface area contributed by atoms with Gasteiger partial charge in [0, 0.05) is 18.1 Å². The number of aryl methyl sites for hydroxylation is 2. The Hall–Kier alpha value is -2.58. The summed E-state index contributed by atoms with van der Waals surface area (Å²) in [4.78, 5) is 28.0. The molecule has 0 aliphatic carbocycles. The molecule has 0 bridgehead atoms. The predicted molar refractivity (Wildman–Crippen MR) is 137 cm³/mol. The molecule has 0 heterocycles. The third-order valence-electron chi connectivity index (χ3n) is 5.66. The summed E-state index contributed by atoms with van der Waals surface area (Å²) < 4.78 is 26.3. The summed E-state index contributed by atoms with van der Waals surface area (Å²) in [7, 11) is -3.80. The molecule has 2 aromatic rings. The Balaban J connectivity index is 2.46. The molecule has 0 aromatic heterocycles. The standard InChI is InChI=1S/C25H34ClN3O4S/c1-6-14-27-25(31)23(7-2)28(16-20-11-9-8-10-18(20)3)24(30)17-29(34(5,32)33)21-13-12-19(4)22(26)15-21/h8-13,15,23H,6-7,14,16-17H2,1-5H3,(H,27,31)/t23-/m1/s1. The zero-order valence-corrected chi connectivity index (χ0v) is 22.0. The third kappa shape index (κ3) is 7.21. The highest BCUT2D eigenvalue weighted by Crippen LogP contribution is 2.25. The van der Waals surface area contributed by atoms with Crippen molar-refractivity contribution >= 4 is 39.1 Å². The molecule has 0 aliphatic rings. The second-order valence-corrected chi connectivity index (χ2v) is 10.7. The fourth-order valence-corrected chi connectivity index (χ4v) is 4.62. The molecule has 0 saturated carbocycles. The van der Waals surface area contributed by atoms with Gasteiger partial charge in [-0.15, -0.1) is 0 Å². The summed E-state index contributed by atoms with van der Waals surface area (Å²) >= 11 is 6.23. The van der Waals surface area contributed by atoms with Crippen molar-refractivity contribution < 1.29 is 18.0 Å². The monoisotopic (exact) mass is 507 g/mol. The van der Waals surface area contributed by atoms with Crippen LogP contribution < -0.4 is 9.62 Å². The van der Waals surface area contributed by atoms with Gasteiger partial charge in [0.05, 0.1) is 11.9 Å². The molecule has 34 heavy (non-hydrogen) atoms. The number of halogens is 1. The van der Waals surface area contributed by atoms with E-state index in [-0.39, 0.29) is 12.5 Å². The number of hydrogen-bond acceptors (Lipinski definition) is 4. The van der Waals surface area contributed by atoms with Gasteiger partial charge < -0.3 is 10.2 Å². The Labute approximate surface area is 208 Å². The average Bonchev–Trinajstić information content (AvgIpc) is 2.78. The predicted octanol–water partition coefficient (Wildman–Crippen LogP) is 4.06. The van der Waals surface area contributed by atoms with Crippen molar-refractivity contribution in [2.75, 3.05) is 23.7 Å². The lowest BCUT2D eigenvalue weighted by Gasteiger charge is -2.33. The SMILES string of the molecule is CCCNC(=O)[C@@H](CC)N(Cc1ccccc1C)C(=O)CN(c1ccc(C)c(Cl)c1)S(C)(=O)=O. The number of benzene rings is 2. The lowest BCUT2D eigenvalue weighted by molar-refractivity contribution is -0.140. The number of anilines is 1. The van der Waals surface area contributed by atoms with Crippen molar-refractivity contribution in [2.45, 2.75) is 53.1 Å². The third-order valence-corrected chi connectivity index (χ3v) is 7.21. The van der Waals surface area contributed by atoms with Crippen LogP contribution in [0.3, 0.4) is 0 Å². The van der Waals surface area contributed by atoms with E-state index in [4.69, 9.17) is 11.6 Å². The molecule has 2 amide bonds. The Morgan fingerprint density at radius 3 is 2.29 bits per heavy atom. The molecule has 0 unspecified atom stereocenters. The maximum absolute atomic E-state index is 13.6. The largest absolute Gasteiger partial charge is 0.354 e. The van der Waals surface area contributed by atoms with Gasteiger partial charge in [0.2, 0.25) is 21.8 Å². The summed E-state index contributed by atoms with van der Waals surface area (Å²) in [5.74, 6) is -0.723. The van der Waals surface area contributed by atoms with Crippen LogP contribution in [0, 0.1) is 13.8 Å². The number of nitrogens with one attached hydrogen (secondary N) is 1. The summed E-state index contributed by atoms with van der Waals surface area (Å²) in [6.45, 7) is 7.78. The molecule has 2 rings (SSSR count). The van der Waals surface area contributed by atoms with Crippen LogP contribution in [0.15, 0.2) is 42.5 Å². The Bertz CT molecular complexity index is 1120. The number of sulfonamides is 1. The van der Waals surface area contributed by atoms with E-state index < -0.39 is 28.5 Å². The van der Waals surface area contributed by atoms with Crippen molar-refractivity contribution in [3.8, 4) is 0 Å². The van der Waals surface area contributed by atoms with Crippen LogP contribution in [0.5, 0.6) is 0 Å². The van der Waals surface area contributed by atoms with E-state index in [1.54, 1.807) is 12.1 Å². The number of rotatable bonds is 11. The van der Waals surface area contributed by atoms with Gasteiger partial charge in [-0.3, -0.25) is 13.9 Å². The molecule has 1 atom stereocenters. The molecule has 0 saturated heterocycles. The molecule has 7 nitrogen and oxygen atoms in total. The minimum absolute atomic E-state index is 0.190. The zero-order chi connectivity index (χ0) is 25.5. The van der Waals surface area contributed by atoms with Crippen LogP contribution in [-0.4, -0.2) is 50.5 Å². The first-order chi connectivity index (χ1) is 16.0. The van der Waals surface area contributed by atoms with Crippen LogP contribution in [0.4, 0.5) is 5.69 Å². The van der Waals surface area contributed by atoms with Gasteiger partial charge in [-0.2, -0.15) is 0 Å². The Kier molecular flexibility index (Phi) is 9.94. The first-order valence-corrected chi connectivity index (χ1v) is 13.6. The van der Waals surface area contributed by atoms with E-state index in [2.05, 4.69) is 5.32 Å². The van der Waals surface area contributed by atoms with Crippen molar-refractivity contribution in [1.82, 2.24) is 10.2 Å². The first-order valence-electron chi connectivity index (χ1n) is 11.3. The smallest absolute Gasteiger partial charge is 0.244 e. The molecule has 2 aromatic carbocycles. The van der Waals surface area contributed by atoms with Crippen molar-refractivity contribution in [2.24, 2.45) is 0 Å². The molecule has 0 fully saturated rings. The molecule has 0 aliphatic heterocycles. The molecule has 1 N–H and O–H groups in total. The number of nitrogens with zero attached hydrogens (tertiary/aromatic N) is 2. The maximum atomic E-state index is 13.6. The van der Waals surface area contributed by atoms with Crippen LogP contribution in [0.2, 0.25) is 5.02 Å². The van der Waals surface area contributed by atoms with Crippen LogP contribution in [-0.2, 0) is 26.2 Å². The summed E-state index contributed by atoms with van der Waals surface area (Å²) in [6.07, 6.45) is 2.21. The van der Waals surface area contributed by atoms with Gasteiger partial charge in [0.25, 0.3) is 0 Å². The van der Waals surface area contributed by atoms with E-state index in [0.29, 0.717) is 23.7 Å². The van der Waals surface area contributed by atoms with Gasteiger partial charge in [-0.25, -0.2) is 8.42 Å². The second-order valence-electron chi connectivity index (χ2n) is 8.37. The minimum Gasteiger partial charge on any atom is -0.354 e. The van der Waals surface area contributed by atoms with Crippen molar-refractivity contribution in [3.63, 3.8) is 0 Å². The van der Waals surface area contributed by atoms with Crippen LogP contribution in [0.1, 0.15) is 43.4 Å². The first kappa shape index (κ1) is 27.7. The summed E-state index contributed by atoms with van der Waals surface area (Å²) in [5, 5.41) is 3.27. The molecule has 0 spiro atoms. The molecule has 0 radical (unpaired) electrons. The Morgan fingerprint density at radius 1 is 1.06 bits per heavy atom. The van der Waals surface area contributed by atoms with Gasteiger partial charge >= 0.3 is 0 Å². The van der Waals surface area contributed by atoms with E-state index in [1.807, 2.05) is 52.0 Å². The number of amides is 2. The fraction of sp³-hybridized carbons (Fsp3) is 0.440. The lowest BCUT2D eigenvalue weighted by Crippen LogP contribution is -2.52. The fourth-order valence-electron chi connectivity index (χ4n) is 3.61. The summed E-state index contributed by atoms with van der Waals surface area (Å²) in [6, 6.07) is 11.7. The zero-order valence-electron chi connectivity index (χ0n) is 20.5. The molecule has 186 valence electrons. The van der Waals surface area contributed by atoms with E-state index in [9.17, 15) is 18.0 Å².